The molecule has 0 aliphatic heterocycles. The van der Waals surface area contributed by atoms with Gasteiger partial charge in [-0.15, -0.1) is 0 Å². The molecule has 3 nitrogen and oxygen atoms in total. The van der Waals surface area contributed by atoms with Crippen molar-refractivity contribution in [2.75, 3.05) is 11.9 Å². The minimum atomic E-state index is -0.0315. The largest absolute Gasteiger partial charge is 0.326 e. The third-order valence-corrected chi connectivity index (χ3v) is 5.81. The number of anilines is 1. The van der Waals surface area contributed by atoms with Gasteiger partial charge in [0.05, 0.1) is 0 Å². The lowest BCUT2D eigenvalue weighted by atomic mass is 9.73. The number of benzene rings is 2. The number of carbonyl (C=O) groups excluding carboxylic acids is 1. The van der Waals surface area contributed by atoms with Gasteiger partial charge in [-0.05, 0) is 56.0 Å². The molecule has 1 saturated carbocycles. The summed E-state index contributed by atoms with van der Waals surface area (Å²) in [6.45, 7) is 4.85. The average molecular weight is 351 g/mol. The summed E-state index contributed by atoms with van der Waals surface area (Å²) in [7, 11) is 0. The van der Waals surface area contributed by atoms with Crippen molar-refractivity contribution in [2.45, 2.75) is 57.4 Å². The van der Waals surface area contributed by atoms with Gasteiger partial charge in [0.15, 0.2) is 0 Å². The summed E-state index contributed by atoms with van der Waals surface area (Å²) in [6, 6.07) is 19.6. The molecule has 1 fully saturated rings. The van der Waals surface area contributed by atoms with Crippen molar-refractivity contribution in [2.24, 2.45) is 0 Å². The molecule has 26 heavy (non-hydrogen) atoms. The van der Waals surface area contributed by atoms with Gasteiger partial charge in [-0.2, -0.15) is 0 Å². The lowest BCUT2D eigenvalue weighted by Gasteiger charge is -2.37. The quantitative estimate of drug-likeness (QED) is 0.761. The van der Waals surface area contributed by atoms with Crippen molar-refractivity contribution >= 4 is 11.6 Å². The van der Waals surface area contributed by atoms with Crippen LogP contribution in [0.4, 0.5) is 5.69 Å². The van der Waals surface area contributed by atoms with Gasteiger partial charge < -0.3 is 10.6 Å². The molecule has 0 unspecified atom stereocenters. The molecule has 1 aliphatic rings. The first-order chi connectivity index (χ1) is 12.6. The predicted octanol–water partition coefficient (Wildman–Crippen LogP) is 4.68. The standard InChI is InChI=1S/C23H30N2O/c1-18(23(15-6-7-16-23)21-8-4-3-5-9-21)24-17-14-20-10-12-22(13-11-20)25-19(2)26/h3-5,8-13,18,24H,6-7,14-17H2,1-2H3,(H,25,26)/t18-/m0/s1. The molecule has 0 aromatic heterocycles. The molecule has 2 aromatic rings. The maximum absolute atomic E-state index is 11.1. The summed E-state index contributed by atoms with van der Waals surface area (Å²) in [6.07, 6.45) is 6.19. The maximum atomic E-state index is 11.1. The van der Waals surface area contributed by atoms with Gasteiger partial charge in [-0.25, -0.2) is 0 Å². The van der Waals surface area contributed by atoms with E-state index in [1.54, 1.807) is 0 Å². The van der Waals surface area contributed by atoms with Crippen LogP contribution in [0.25, 0.3) is 0 Å². The topological polar surface area (TPSA) is 41.1 Å². The second-order valence-corrected chi connectivity index (χ2v) is 7.53. The maximum Gasteiger partial charge on any atom is 0.221 e. The molecule has 0 heterocycles. The number of hydrogen-bond acceptors (Lipinski definition) is 2. The van der Waals surface area contributed by atoms with Gasteiger partial charge in [0, 0.05) is 24.1 Å². The SMILES string of the molecule is CC(=O)Nc1ccc(CCN[C@@H](C)C2(c3ccccc3)CCCC2)cc1. The van der Waals surface area contributed by atoms with E-state index in [0.29, 0.717) is 6.04 Å². The van der Waals surface area contributed by atoms with E-state index in [0.717, 1.165) is 18.7 Å². The molecular weight excluding hydrogens is 320 g/mol. The van der Waals surface area contributed by atoms with Crippen molar-refractivity contribution in [1.82, 2.24) is 5.32 Å². The second-order valence-electron chi connectivity index (χ2n) is 7.53. The van der Waals surface area contributed by atoms with Gasteiger partial charge in [-0.1, -0.05) is 55.3 Å². The van der Waals surface area contributed by atoms with Gasteiger partial charge in [0.1, 0.15) is 0 Å². The Bertz CT molecular complexity index is 703. The van der Waals surface area contributed by atoms with Crippen LogP contribution < -0.4 is 10.6 Å². The van der Waals surface area contributed by atoms with Crippen LogP contribution in [0.3, 0.4) is 0 Å². The monoisotopic (exact) mass is 350 g/mol. The van der Waals surface area contributed by atoms with E-state index >= 15 is 0 Å². The van der Waals surface area contributed by atoms with Crippen molar-refractivity contribution in [3.8, 4) is 0 Å². The molecule has 1 aliphatic carbocycles. The Morgan fingerprint density at radius 3 is 2.31 bits per heavy atom. The van der Waals surface area contributed by atoms with Gasteiger partial charge in [0.2, 0.25) is 5.91 Å². The zero-order chi connectivity index (χ0) is 18.4. The van der Waals surface area contributed by atoms with Crippen LogP contribution in [-0.2, 0) is 16.6 Å². The zero-order valence-electron chi connectivity index (χ0n) is 15.9. The Morgan fingerprint density at radius 1 is 1.04 bits per heavy atom. The summed E-state index contributed by atoms with van der Waals surface area (Å²) >= 11 is 0. The fourth-order valence-electron chi connectivity index (χ4n) is 4.33. The zero-order valence-corrected chi connectivity index (χ0v) is 15.9. The normalized spacial score (nSPS) is 17.0. The lowest BCUT2D eigenvalue weighted by Crippen LogP contribution is -2.45. The van der Waals surface area contributed by atoms with Crippen molar-refractivity contribution in [3.05, 3.63) is 65.7 Å². The van der Waals surface area contributed by atoms with Crippen LogP contribution in [0.1, 0.15) is 50.7 Å². The molecule has 0 saturated heterocycles. The third-order valence-electron chi connectivity index (χ3n) is 5.81. The fraction of sp³-hybridized carbons (Fsp3) is 0.435. The Labute approximate surface area is 157 Å². The number of amides is 1. The lowest BCUT2D eigenvalue weighted by molar-refractivity contribution is -0.114. The van der Waals surface area contributed by atoms with Gasteiger partial charge >= 0.3 is 0 Å². The van der Waals surface area contributed by atoms with Crippen LogP contribution >= 0.6 is 0 Å². The van der Waals surface area contributed by atoms with Crippen LogP contribution in [0, 0.1) is 0 Å². The second kappa shape index (κ2) is 8.50. The molecule has 138 valence electrons. The van der Waals surface area contributed by atoms with Crippen molar-refractivity contribution in [3.63, 3.8) is 0 Å². The molecule has 0 bridgehead atoms. The molecule has 2 aromatic carbocycles. The van der Waals surface area contributed by atoms with E-state index in [1.807, 2.05) is 12.1 Å². The highest BCUT2D eigenvalue weighted by molar-refractivity contribution is 5.88. The molecule has 0 spiro atoms. The fourth-order valence-corrected chi connectivity index (χ4v) is 4.33. The Hall–Kier alpha value is -2.13. The van der Waals surface area contributed by atoms with E-state index in [1.165, 1.54) is 43.7 Å². The van der Waals surface area contributed by atoms with E-state index < -0.39 is 0 Å². The highest BCUT2D eigenvalue weighted by Gasteiger charge is 2.40. The first-order valence-electron chi connectivity index (χ1n) is 9.76. The number of nitrogens with one attached hydrogen (secondary N) is 2. The highest BCUT2D eigenvalue weighted by Crippen LogP contribution is 2.43. The molecule has 3 heteroatoms. The molecule has 1 atom stereocenters. The summed E-state index contributed by atoms with van der Waals surface area (Å²) < 4.78 is 0. The molecule has 0 radical (unpaired) electrons. The molecule has 3 rings (SSSR count). The smallest absolute Gasteiger partial charge is 0.221 e. The molecule has 2 N–H and O–H groups in total. The highest BCUT2D eigenvalue weighted by atomic mass is 16.1. The van der Waals surface area contributed by atoms with Crippen LogP contribution in [0.15, 0.2) is 54.6 Å². The van der Waals surface area contributed by atoms with Crippen molar-refractivity contribution < 1.29 is 4.79 Å². The summed E-state index contributed by atoms with van der Waals surface area (Å²) in [5.74, 6) is -0.0315. The summed E-state index contributed by atoms with van der Waals surface area (Å²) in [4.78, 5) is 11.1. The van der Waals surface area contributed by atoms with Gasteiger partial charge in [-0.3, -0.25) is 4.79 Å². The first-order valence-corrected chi connectivity index (χ1v) is 9.76. The Balaban J connectivity index is 1.57. The third kappa shape index (κ3) is 4.34. The Morgan fingerprint density at radius 2 is 1.69 bits per heavy atom. The molecule has 1 amide bonds. The minimum absolute atomic E-state index is 0.0315. The van der Waals surface area contributed by atoms with E-state index in [2.05, 4.69) is 60.0 Å². The summed E-state index contributed by atoms with van der Waals surface area (Å²) in [5, 5.41) is 6.60. The Kier molecular flexibility index (Phi) is 6.10. The van der Waals surface area contributed by atoms with E-state index in [9.17, 15) is 4.79 Å². The van der Waals surface area contributed by atoms with Crippen LogP contribution in [0.5, 0.6) is 0 Å². The average Bonchev–Trinajstić information content (AvgIpc) is 3.14. The first kappa shape index (κ1) is 18.7. The minimum Gasteiger partial charge on any atom is -0.326 e. The number of carbonyl (C=O) groups is 1. The van der Waals surface area contributed by atoms with Crippen molar-refractivity contribution in [1.29, 1.82) is 0 Å². The number of hydrogen-bond donors (Lipinski definition) is 2. The van der Waals surface area contributed by atoms with Crippen LogP contribution in [-0.4, -0.2) is 18.5 Å². The van der Waals surface area contributed by atoms with E-state index in [-0.39, 0.29) is 11.3 Å². The molecular formula is C23H30N2O. The predicted molar refractivity (Wildman–Crippen MR) is 109 cm³/mol. The summed E-state index contributed by atoms with van der Waals surface area (Å²) in [5.41, 5.74) is 3.91. The number of rotatable bonds is 7. The van der Waals surface area contributed by atoms with Crippen LogP contribution in [0.2, 0.25) is 0 Å². The van der Waals surface area contributed by atoms with Gasteiger partial charge in [0.25, 0.3) is 0 Å². The van der Waals surface area contributed by atoms with E-state index in [4.69, 9.17) is 0 Å².